The number of hydrogen-bond donors (Lipinski definition) is 2. The second kappa shape index (κ2) is 5.09. The van der Waals surface area contributed by atoms with Gasteiger partial charge in [0.25, 0.3) is 0 Å². The van der Waals surface area contributed by atoms with Crippen LogP contribution in [0.5, 0.6) is 0 Å². The van der Waals surface area contributed by atoms with Crippen LogP contribution in [0.1, 0.15) is 18.0 Å². The molecule has 15 heavy (non-hydrogen) atoms. The van der Waals surface area contributed by atoms with Gasteiger partial charge in [0.1, 0.15) is 5.82 Å². The first-order valence-corrected chi connectivity index (χ1v) is 4.89. The van der Waals surface area contributed by atoms with E-state index in [4.69, 9.17) is 10.8 Å². The van der Waals surface area contributed by atoms with E-state index in [2.05, 4.69) is 0 Å². The molecule has 3 nitrogen and oxygen atoms in total. The van der Waals surface area contributed by atoms with Crippen LogP contribution >= 0.6 is 0 Å². The molecule has 0 bridgehead atoms. The Kier molecular flexibility index (Phi) is 4.05. The van der Waals surface area contributed by atoms with E-state index in [1.165, 1.54) is 12.1 Å². The molecule has 0 aromatic heterocycles. The first-order chi connectivity index (χ1) is 7.06. The smallest absolute Gasteiger partial charge is 0.125 e. The molecule has 1 aromatic carbocycles. The van der Waals surface area contributed by atoms with E-state index >= 15 is 0 Å². The number of nitrogens with two attached hydrogens (primary N) is 1. The minimum absolute atomic E-state index is 0.0331. The van der Waals surface area contributed by atoms with E-state index in [1.54, 1.807) is 6.07 Å². The summed E-state index contributed by atoms with van der Waals surface area (Å²) in [5.74, 6) is -0.279. The van der Waals surface area contributed by atoms with Crippen LogP contribution in [0.3, 0.4) is 0 Å². The summed E-state index contributed by atoms with van der Waals surface area (Å²) in [5, 5.41) is 8.81. The Morgan fingerprint density at radius 1 is 1.47 bits per heavy atom. The molecule has 1 atom stereocenters. The van der Waals surface area contributed by atoms with E-state index in [0.717, 1.165) is 11.3 Å². The van der Waals surface area contributed by atoms with Gasteiger partial charge in [-0.3, -0.25) is 0 Å². The maximum absolute atomic E-state index is 13.0. The normalized spacial score (nSPS) is 12.6. The van der Waals surface area contributed by atoms with Crippen LogP contribution in [0.4, 0.5) is 10.1 Å². The van der Waals surface area contributed by atoms with Crippen molar-refractivity contribution < 1.29 is 9.50 Å². The van der Waals surface area contributed by atoms with Crippen molar-refractivity contribution in [2.75, 3.05) is 25.6 Å². The van der Waals surface area contributed by atoms with E-state index < -0.39 is 0 Å². The molecule has 3 N–H and O–H groups in total. The van der Waals surface area contributed by atoms with Crippen molar-refractivity contribution in [1.29, 1.82) is 0 Å². The quantitative estimate of drug-likeness (QED) is 0.790. The first kappa shape index (κ1) is 11.9. The van der Waals surface area contributed by atoms with Crippen LogP contribution in [-0.2, 0) is 0 Å². The predicted octanol–water partition coefficient (Wildman–Crippen LogP) is 1.27. The van der Waals surface area contributed by atoms with E-state index in [-0.39, 0.29) is 18.5 Å². The highest BCUT2D eigenvalue weighted by molar-refractivity contribution is 5.54. The summed E-state index contributed by atoms with van der Waals surface area (Å²) < 4.78 is 13.0. The third-order valence-corrected chi connectivity index (χ3v) is 2.31. The van der Waals surface area contributed by atoms with Gasteiger partial charge < -0.3 is 15.7 Å². The summed E-state index contributed by atoms with van der Waals surface area (Å²) in [4.78, 5) is 1.82. The number of halogens is 1. The fourth-order valence-electron chi connectivity index (χ4n) is 1.51. The van der Waals surface area contributed by atoms with Crippen molar-refractivity contribution in [3.05, 3.63) is 29.6 Å². The predicted molar refractivity (Wildman–Crippen MR) is 59.4 cm³/mol. The Labute approximate surface area is 89.3 Å². The molecule has 0 saturated heterocycles. The molecular formula is C11H17FN2O. The standard InChI is InChI=1S/C11H17FN2O/c1-14(2)11-7-8(12)3-4-9(11)10(13)5-6-15/h3-4,7,10,15H,5-6,13H2,1-2H3. The van der Waals surface area contributed by atoms with Gasteiger partial charge in [-0.15, -0.1) is 0 Å². The van der Waals surface area contributed by atoms with Gasteiger partial charge in [-0.1, -0.05) is 6.07 Å². The summed E-state index contributed by atoms with van der Waals surface area (Å²) in [6, 6.07) is 4.25. The highest BCUT2D eigenvalue weighted by Crippen LogP contribution is 2.26. The van der Waals surface area contributed by atoms with Gasteiger partial charge in [-0.25, -0.2) is 4.39 Å². The van der Waals surface area contributed by atoms with Gasteiger partial charge in [-0.05, 0) is 24.1 Å². The Hall–Kier alpha value is -1.13. The molecule has 1 unspecified atom stereocenters. The van der Waals surface area contributed by atoms with Crippen molar-refractivity contribution >= 4 is 5.69 Å². The fourth-order valence-corrected chi connectivity index (χ4v) is 1.51. The average molecular weight is 212 g/mol. The summed E-state index contributed by atoms with van der Waals surface area (Å²) in [6.07, 6.45) is 0.479. The molecule has 0 spiro atoms. The first-order valence-electron chi connectivity index (χ1n) is 4.89. The molecular weight excluding hydrogens is 195 g/mol. The lowest BCUT2D eigenvalue weighted by Crippen LogP contribution is -2.18. The maximum Gasteiger partial charge on any atom is 0.125 e. The Morgan fingerprint density at radius 2 is 2.13 bits per heavy atom. The number of anilines is 1. The molecule has 4 heteroatoms. The van der Waals surface area contributed by atoms with Gasteiger partial charge in [0.2, 0.25) is 0 Å². The lowest BCUT2D eigenvalue weighted by molar-refractivity contribution is 0.276. The Bertz CT molecular complexity index is 328. The topological polar surface area (TPSA) is 49.5 Å². The second-order valence-corrected chi connectivity index (χ2v) is 3.72. The fraction of sp³-hybridized carbons (Fsp3) is 0.455. The molecule has 0 amide bonds. The van der Waals surface area contributed by atoms with E-state index in [9.17, 15) is 4.39 Å². The van der Waals surface area contributed by atoms with Crippen LogP contribution in [0.2, 0.25) is 0 Å². The molecule has 1 rings (SSSR count). The number of benzene rings is 1. The minimum atomic E-state index is -0.279. The van der Waals surface area contributed by atoms with Gasteiger partial charge >= 0.3 is 0 Å². The highest BCUT2D eigenvalue weighted by Gasteiger charge is 2.12. The van der Waals surface area contributed by atoms with Crippen molar-refractivity contribution in [1.82, 2.24) is 0 Å². The summed E-state index contributed by atoms with van der Waals surface area (Å²) >= 11 is 0. The van der Waals surface area contributed by atoms with Crippen molar-refractivity contribution in [3.8, 4) is 0 Å². The summed E-state index contributed by atoms with van der Waals surface area (Å²) in [6.45, 7) is 0.0331. The molecule has 0 fully saturated rings. The Morgan fingerprint density at radius 3 is 2.67 bits per heavy atom. The zero-order valence-electron chi connectivity index (χ0n) is 9.07. The van der Waals surface area contributed by atoms with Crippen LogP contribution < -0.4 is 10.6 Å². The van der Waals surface area contributed by atoms with Crippen molar-refractivity contribution in [3.63, 3.8) is 0 Å². The SMILES string of the molecule is CN(C)c1cc(F)ccc1C(N)CCO. The van der Waals surface area contributed by atoms with Crippen molar-refractivity contribution in [2.45, 2.75) is 12.5 Å². The van der Waals surface area contributed by atoms with Gasteiger partial charge in [0.15, 0.2) is 0 Å². The third kappa shape index (κ3) is 2.91. The number of rotatable bonds is 4. The number of aliphatic hydroxyl groups excluding tert-OH is 1. The van der Waals surface area contributed by atoms with Crippen LogP contribution in [-0.4, -0.2) is 25.8 Å². The molecule has 0 saturated carbocycles. The highest BCUT2D eigenvalue weighted by atomic mass is 19.1. The molecule has 0 heterocycles. The number of hydrogen-bond acceptors (Lipinski definition) is 3. The lowest BCUT2D eigenvalue weighted by atomic mass is 10.0. The molecule has 0 aliphatic rings. The average Bonchev–Trinajstić information content (AvgIpc) is 2.17. The van der Waals surface area contributed by atoms with Crippen molar-refractivity contribution in [2.24, 2.45) is 5.73 Å². The van der Waals surface area contributed by atoms with Crippen LogP contribution in [0.15, 0.2) is 18.2 Å². The third-order valence-electron chi connectivity index (χ3n) is 2.31. The van der Waals surface area contributed by atoms with Crippen LogP contribution in [0, 0.1) is 5.82 Å². The zero-order valence-corrected chi connectivity index (χ0v) is 9.07. The van der Waals surface area contributed by atoms with Gasteiger partial charge in [-0.2, -0.15) is 0 Å². The second-order valence-electron chi connectivity index (χ2n) is 3.72. The number of aliphatic hydroxyl groups is 1. The molecule has 0 radical (unpaired) electrons. The summed E-state index contributed by atoms with van der Waals surface area (Å²) in [5.41, 5.74) is 7.50. The largest absolute Gasteiger partial charge is 0.396 e. The maximum atomic E-state index is 13.0. The summed E-state index contributed by atoms with van der Waals surface area (Å²) in [7, 11) is 3.67. The molecule has 1 aromatic rings. The van der Waals surface area contributed by atoms with Gasteiger partial charge in [0.05, 0.1) is 0 Å². The van der Waals surface area contributed by atoms with Gasteiger partial charge in [0, 0.05) is 32.4 Å². The van der Waals surface area contributed by atoms with Crippen LogP contribution in [0.25, 0.3) is 0 Å². The Balaban J connectivity index is 3.05. The molecule has 0 aliphatic carbocycles. The molecule has 84 valence electrons. The monoisotopic (exact) mass is 212 g/mol. The number of nitrogens with zero attached hydrogens (tertiary/aromatic N) is 1. The van der Waals surface area contributed by atoms with E-state index in [0.29, 0.717) is 6.42 Å². The molecule has 0 aliphatic heterocycles. The van der Waals surface area contributed by atoms with E-state index in [1.807, 2.05) is 19.0 Å². The lowest BCUT2D eigenvalue weighted by Gasteiger charge is -2.21. The zero-order chi connectivity index (χ0) is 11.4. The minimum Gasteiger partial charge on any atom is -0.396 e.